The van der Waals surface area contributed by atoms with Gasteiger partial charge in [-0.1, -0.05) is 0 Å². The topological polar surface area (TPSA) is 0 Å². The van der Waals surface area contributed by atoms with Gasteiger partial charge in [-0.25, -0.2) is 0 Å². The molecule has 0 aliphatic carbocycles. The van der Waals surface area contributed by atoms with E-state index in [1.807, 2.05) is 0 Å². The van der Waals surface area contributed by atoms with Crippen LogP contribution in [0.2, 0.25) is 0 Å². The Morgan fingerprint density at radius 3 is 2.12 bits per heavy atom. The summed E-state index contributed by atoms with van der Waals surface area (Å²) in [4.78, 5) is 0. The molecule has 2 radical (unpaired) electrons. The average molecular weight is 323 g/mol. The van der Waals surface area contributed by atoms with E-state index in [0.29, 0.717) is 0 Å². The van der Waals surface area contributed by atoms with Gasteiger partial charge in [-0.2, -0.15) is 0 Å². The number of hydrogen-bond donors (Lipinski definition) is 0. The van der Waals surface area contributed by atoms with Crippen LogP contribution in [0.1, 0.15) is 0 Å². The molecule has 0 bridgehead atoms. The van der Waals surface area contributed by atoms with E-state index in [1.165, 1.54) is 0 Å². The Morgan fingerprint density at radius 1 is 1.12 bits per heavy atom. The molecule has 1 rings (SSSR count). The first-order valence-electron chi connectivity index (χ1n) is 2.35. The maximum absolute atomic E-state index is 2.52. The zero-order valence-electron chi connectivity index (χ0n) is 4.26. The summed E-state index contributed by atoms with van der Waals surface area (Å²) in [7, 11) is 0. The molecular formula is C6H5ISn. The Balaban J connectivity index is 2.83. The number of rotatable bonds is 1. The Bertz CT molecular complexity index is 150. The van der Waals surface area contributed by atoms with Crippen LogP contribution >= 0.6 is 18.6 Å². The van der Waals surface area contributed by atoms with Crippen molar-refractivity contribution in [3.05, 3.63) is 30.3 Å². The van der Waals surface area contributed by atoms with Crippen LogP contribution in [0.25, 0.3) is 0 Å². The summed E-state index contributed by atoms with van der Waals surface area (Å²) in [5.74, 6) is 0. The van der Waals surface area contributed by atoms with E-state index in [9.17, 15) is 0 Å². The average Bonchev–Trinajstić information content (AvgIpc) is 1.90. The molecule has 0 N–H and O–H groups in total. The normalized spacial score (nSPS) is 9.12. The monoisotopic (exact) mass is 324 g/mol. The molecule has 0 aliphatic heterocycles. The molecule has 0 fully saturated rings. The molecule has 0 aliphatic rings. The van der Waals surface area contributed by atoms with E-state index in [2.05, 4.69) is 49.0 Å². The zero-order chi connectivity index (χ0) is 5.82. The summed E-state index contributed by atoms with van der Waals surface area (Å²) in [5, 5.41) is 0. The van der Waals surface area contributed by atoms with Crippen molar-refractivity contribution < 1.29 is 0 Å². The SMILES string of the molecule is [I][Sn][c]1ccccc1. The third-order valence-corrected chi connectivity index (χ3v) is 6.64. The van der Waals surface area contributed by atoms with Crippen LogP contribution < -0.4 is 3.58 Å². The Labute approximate surface area is 69.1 Å². The van der Waals surface area contributed by atoms with Crippen molar-refractivity contribution in [1.82, 2.24) is 0 Å². The van der Waals surface area contributed by atoms with Crippen molar-refractivity contribution in [2.24, 2.45) is 0 Å². The molecule has 1 aromatic rings. The van der Waals surface area contributed by atoms with E-state index in [4.69, 9.17) is 0 Å². The van der Waals surface area contributed by atoms with Gasteiger partial charge >= 0.3 is 69.7 Å². The predicted molar refractivity (Wildman–Crippen MR) is 45.9 cm³/mol. The van der Waals surface area contributed by atoms with E-state index in [-0.39, 0.29) is 17.2 Å². The van der Waals surface area contributed by atoms with Crippen LogP contribution in [0.3, 0.4) is 0 Å². The molecule has 0 saturated carbocycles. The zero-order valence-corrected chi connectivity index (χ0v) is 9.28. The molecule has 0 unspecified atom stereocenters. The molecule has 0 spiro atoms. The second-order valence-electron chi connectivity index (χ2n) is 1.46. The van der Waals surface area contributed by atoms with Crippen LogP contribution in [0, 0.1) is 0 Å². The third kappa shape index (κ3) is 1.93. The third-order valence-electron chi connectivity index (χ3n) is 0.883. The fourth-order valence-corrected chi connectivity index (χ4v) is 3.82. The molecule has 0 amide bonds. The maximum atomic E-state index is 2.52. The summed E-state index contributed by atoms with van der Waals surface area (Å²) in [5.41, 5.74) is 0. The first kappa shape index (κ1) is 6.86. The quantitative estimate of drug-likeness (QED) is 0.541. The fraction of sp³-hybridized carbons (Fsp3) is 0. The Hall–Kier alpha value is 0.749. The molecule has 0 heterocycles. The van der Waals surface area contributed by atoms with Crippen molar-refractivity contribution in [2.75, 3.05) is 0 Å². The van der Waals surface area contributed by atoms with Crippen molar-refractivity contribution >= 4 is 39.4 Å². The van der Waals surface area contributed by atoms with Crippen molar-refractivity contribution in [1.29, 1.82) is 0 Å². The molecular weight excluding hydrogens is 318 g/mol. The van der Waals surface area contributed by atoms with Gasteiger partial charge in [0.15, 0.2) is 0 Å². The Morgan fingerprint density at radius 2 is 1.75 bits per heavy atom. The van der Waals surface area contributed by atoms with E-state index >= 15 is 0 Å². The molecule has 8 heavy (non-hydrogen) atoms. The van der Waals surface area contributed by atoms with Gasteiger partial charge in [-0.3, -0.25) is 0 Å². The summed E-state index contributed by atoms with van der Waals surface area (Å²) in [6.07, 6.45) is 0. The Kier molecular flexibility index (Phi) is 3.19. The predicted octanol–water partition coefficient (Wildman–Crippen LogP) is 1.37. The first-order valence-corrected chi connectivity index (χ1v) is 12.1. The molecule has 40 valence electrons. The second-order valence-corrected chi connectivity index (χ2v) is 7.27. The summed E-state index contributed by atoms with van der Waals surface area (Å²) < 4.78 is 1.57. The van der Waals surface area contributed by atoms with Crippen LogP contribution in [-0.4, -0.2) is 17.2 Å². The van der Waals surface area contributed by atoms with Gasteiger partial charge in [0.25, 0.3) is 0 Å². The van der Waals surface area contributed by atoms with E-state index < -0.39 is 0 Å². The summed E-state index contributed by atoms with van der Waals surface area (Å²) in [6.45, 7) is 0. The number of halogens is 1. The van der Waals surface area contributed by atoms with Gasteiger partial charge in [0.2, 0.25) is 0 Å². The molecule has 0 atom stereocenters. The van der Waals surface area contributed by atoms with Crippen molar-refractivity contribution in [3.63, 3.8) is 0 Å². The molecule has 0 aromatic heterocycles. The van der Waals surface area contributed by atoms with Crippen LogP contribution in [-0.2, 0) is 0 Å². The minimum absolute atomic E-state index is 0.174. The van der Waals surface area contributed by atoms with Gasteiger partial charge in [-0.15, -0.1) is 0 Å². The van der Waals surface area contributed by atoms with Gasteiger partial charge in [0.1, 0.15) is 0 Å². The number of benzene rings is 1. The van der Waals surface area contributed by atoms with Gasteiger partial charge < -0.3 is 0 Å². The van der Waals surface area contributed by atoms with Crippen LogP contribution in [0.15, 0.2) is 30.3 Å². The minimum atomic E-state index is -0.174. The summed E-state index contributed by atoms with van der Waals surface area (Å²) >= 11 is 2.35. The standard InChI is InChI=1S/C6H5.HI.Sn/c1-2-4-6-5-3-1;;/h1-5H;1H;/q;;+1/p-1. The van der Waals surface area contributed by atoms with Crippen molar-refractivity contribution in [3.8, 4) is 0 Å². The fourth-order valence-electron chi connectivity index (χ4n) is 0.501. The first-order chi connectivity index (χ1) is 3.93. The van der Waals surface area contributed by atoms with E-state index in [0.717, 1.165) is 0 Å². The number of hydrogen-bond acceptors (Lipinski definition) is 0. The van der Waals surface area contributed by atoms with Gasteiger partial charge in [-0.05, 0) is 0 Å². The van der Waals surface area contributed by atoms with Crippen LogP contribution in [0.5, 0.6) is 0 Å². The van der Waals surface area contributed by atoms with Gasteiger partial charge in [0.05, 0.1) is 0 Å². The van der Waals surface area contributed by atoms with Crippen LogP contribution in [0.4, 0.5) is 0 Å². The second kappa shape index (κ2) is 3.71. The van der Waals surface area contributed by atoms with E-state index in [1.54, 1.807) is 3.58 Å². The molecule has 0 saturated heterocycles. The molecule has 1 aromatic carbocycles. The summed E-state index contributed by atoms with van der Waals surface area (Å²) in [6, 6.07) is 10.7. The molecule has 2 heteroatoms. The molecule has 0 nitrogen and oxygen atoms in total. The van der Waals surface area contributed by atoms with Crippen molar-refractivity contribution in [2.45, 2.75) is 0 Å². The van der Waals surface area contributed by atoms with Gasteiger partial charge in [0, 0.05) is 0 Å².